The van der Waals surface area contributed by atoms with Crippen molar-refractivity contribution in [2.24, 2.45) is 0 Å². The highest BCUT2D eigenvalue weighted by atomic mass is 35.5. The molecule has 0 saturated heterocycles. The maximum Gasteiger partial charge on any atom is 0.224 e. The van der Waals surface area contributed by atoms with Crippen molar-refractivity contribution in [2.45, 2.75) is 12.8 Å². The summed E-state index contributed by atoms with van der Waals surface area (Å²) in [6.45, 7) is 0. The molecule has 0 radical (unpaired) electrons. The standard InChI is InChI=1S/C16H14Cl3NO2/c1-22-15-6-5-12(9-14(15)19)20-16(21)7-3-10-2-4-11(17)8-13(10)18/h2,4-6,8-9H,3,7H2,1H3,(H,20,21). The van der Waals surface area contributed by atoms with Gasteiger partial charge in [0.2, 0.25) is 5.91 Å². The molecule has 22 heavy (non-hydrogen) atoms. The van der Waals surface area contributed by atoms with Crippen molar-refractivity contribution in [1.82, 2.24) is 0 Å². The average molecular weight is 359 g/mol. The molecule has 0 aliphatic rings. The van der Waals surface area contributed by atoms with E-state index in [0.717, 1.165) is 5.56 Å². The largest absolute Gasteiger partial charge is 0.495 e. The summed E-state index contributed by atoms with van der Waals surface area (Å²) in [4.78, 5) is 12.0. The summed E-state index contributed by atoms with van der Waals surface area (Å²) < 4.78 is 5.06. The van der Waals surface area contributed by atoms with E-state index in [1.54, 1.807) is 30.3 Å². The molecular weight excluding hydrogens is 345 g/mol. The Morgan fingerprint density at radius 2 is 1.86 bits per heavy atom. The van der Waals surface area contributed by atoms with Crippen LogP contribution < -0.4 is 10.1 Å². The molecule has 1 N–H and O–H groups in total. The Morgan fingerprint density at radius 3 is 2.50 bits per heavy atom. The van der Waals surface area contributed by atoms with Gasteiger partial charge < -0.3 is 10.1 Å². The molecular formula is C16H14Cl3NO2. The van der Waals surface area contributed by atoms with E-state index < -0.39 is 0 Å². The first-order chi connectivity index (χ1) is 10.5. The lowest BCUT2D eigenvalue weighted by Gasteiger charge is -2.09. The summed E-state index contributed by atoms with van der Waals surface area (Å²) in [5, 5.41) is 4.37. The van der Waals surface area contributed by atoms with Gasteiger partial charge in [-0.15, -0.1) is 0 Å². The predicted molar refractivity (Wildman–Crippen MR) is 91.4 cm³/mol. The molecule has 2 aromatic carbocycles. The second-order valence-electron chi connectivity index (χ2n) is 4.63. The van der Waals surface area contributed by atoms with Gasteiger partial charge in [0.05, 0.1) is 12.1 Å². The van der Waals surface area contributed by atoms with E-state index in [2.05, 4.69) is 5.32 Å². The van der Waals surface area contributed by atoms with E-state index >= 15 is 0 Å². The number of ether oxygens (including phenoxy) is 1. The van der Waals surface area contributed by atoms with Crippen molar-refractivity contribution in [3.05, 3.63) is 57.0 Å². The minimum atomic E-state index is -0.118. The van der Waals surface area contributed by atoms with E-state index in [4.69, 9.17) is 39.5 Å². The number of aryl methyl sites for hydroxylation is 1. The van der Waals surface area contributed by atoms with Crippen molar-refractivity contribution in [2.75, 3.05) is 12.4 Å². The first-order valence-electron chi connectivity index (χ1n) is 6.57. The number of hydrogen-bond donors (Lipinski definition) is 1. The Hall–Kier alpha value is -1.42. The van der Waals surface area contributed by atoms with Crippen molar-refractivity contribution >= 4 is 46.4 Å². The summed E-state index contributed by atoms with van der Waals surface area (Å²) in [7, 11) is 1.54. The molecule has 3 nitrogen and oxygen atoms in total. The van der Waals surface area contributed by atoms with Gasteiger partial charge in [-0.1, -0.05) is 40.9 Å². The van der Waals surface area contributed by atoms with Gasteiger partial charge in [-0.2, -0.15) is 0 Å². The molecule has 2 aromatic rings. The topological polar surface area (TPSA) is 38.3 Å². The zero-order chi connectivity index (χ0) is 16.1. The Labute approximate surface area is 144 Å². The molecule has 0 aliphatic carbocycles. The molecule has 6 heteroatoms. The number of carbonyl (C=O) groups is 1. The number of methoxy groups -OCH3 is 1. The van der Waals surface area contributed by atoms with Crippen LogP contribution in [-0.4, -0.2) is 13.0 Å². The number of rotatable bonds is 5. The fourth-order valence-electron chi connectivity index (χ4n) is 1.94. The second kappa shape index (κ2) is 7.73. The minimum absolute atomic E-state index is 0.118. The third-order valence-corrected chi connectivity index (χ3v) is 3.95. The van der Waals surface area contributed by atoms with Gasteiger partial charge in [-0.3, -0.25) is 4.79 Å². The first kappa shape index (κ1) is 16.9. The normalized spacial score (nSPS) is 10.4. The van der Waals surface area contributed by atoms with Crippen molar-refractivity contribution < 1.29 is 9.53 Å². The highest BCUT2D eigenvalue weighted by molar-refractivity contribution is 6.35. The summed E-state index contributed by atoms with van der Waals surface area (Å²) in [6.07, 6.45) is 0.844. The van der Waals surface area contributed by atoms with Crippen LogP contribution in [0.15, 0.2) is 36.4 Å². The number of amides is 1. The summed E-state index contributed by atoms with van der Waals surface area (Å²) in [5.41, 5.74) is 1.51. The lowest BCUT2D eigenvalue weighted by molar-refractivity contribution is -0.116. The smallest absolute Gasteiger partial charge is 0.224 e. The highest BCUT2D eigenvalue weighted by Gasteiger charge is 2.08. The van der Waals surface area contributed by atoms with Gasteiger partial charge in [0.15, 0.2) is 0 Å². The summed E-state index contributed by atoms with van der Waals surface area (Å²) in [5.74, 6) is 0.444. The zero-order valence-corrected chi connectivity index (χ0v) is 14.1. The maximum absolute atomic E-state index is 12.0. The molecule has 0 spiro atoms. The van der Waals surface area contributed by atoms with Gasteiger partial charge in [-0.25, -0.2) is 0 Å². The molecule has 0 aliphatic heterocycles. The molecule has 0 bridgehead atoms. The van der Waals surface area contributed by atoms with Gasteiger partial charge >= 0.3 is 0 Å². The van der Waals surface area contributed by atoms with Crippen molar-refractivity contribution in [3.63, 3.8) is 0 Å². The van der Waals surface area contributed by atoms with Gasteiger partial charge in [0, 0.05) is 22.2 Å². The average Bonchev–Trinajstić information content (AvgIpc) is 2.46. The molecule has 2 rings (SSSR count). The number of hydrogen-bond acceptors (Lipinski definition) is 2. The molecule has 0 saturated carbocycles. The summed E-state index contributed by atoms with van der Waals surface area (Å²) in [6, 6.07) is 10.3. The lowest BCUT2D eigenvalue weighted by Crippen LogP contribution is -2.12. The second-order valence-corrected chi connectivity index (χ2v) is 5.88. The van der Waals surface area contributed by atoms with E-state index in [1.165, 1.54) is 7.11 Å². The van der Waals surface area contributed by atoms with Crippen LogP contribution >= 0.6 is 34.8 Å². The Kier molecular flexibility index (Phi) is 5.95. The number of anilines is 1. The molecule has 0 fully saturated rings. The Balaban J connectivity index is 1.94. The molecule has 1 amide bonds. The number of halogens is 3. The number of nitrogens with one attached hydrogen (secondary N) is 1. The molecule has 0 heterocycles. The quantitative estimate of drug-likeness (QED) is 0.795. The summed E-state index contributed by atoms with van der Waals surface area (Å²) >= 11 is 17.9. The van der Waals surface area contributed by atoms with Crippen LogP contribution in [0.4, 0.5) is 5.69 Å². The Morgan fingerprint density at radius 1 is 1.09 bits per heavy atom. The van der Waals surface area contributed by atoms with Crippen molar-refractivity contribution in [1.29, 1.82) is 0 Å². The van der Waals surface area contributed by atoms with Gasteiger partial charge in [0.25, 0.3) is 0 Å². The van der Waals surface area contributed by atoms with Gasteiger partial charge in [0.1, 0.15) is 5.75 Å². The monoisotopic (exact) mass is 357 g/mol. The highest BCUT2D eigenvalue weighted by Crippen LogP contribution is 2.27. The number of benzene rings is 2. The van der Waals surface area contributed by atoms with Crippen LogP contribution in [0.25, 0.3) is 0 Å². The van der Waals surface area contributed by atoms with Crippen LogP contribution in [0.5, 0.6) is 5.75 Å². The van der Waals surface area contributed by atoms with E-state index in [0.29, 0.717) is 39.3 Å². The number of carbonyl (C=O) groups excluding carboxylic acids is 1. The third kappa shape index (κ3) is 4.54. The fraction of sp³-hybridized carbons (Fsp3) is 0.188. The third-order valence-electron chi connectivity index (χ3n) is 3.07. The SMILES string of the molecule is COc1ccc(NC(=O)CCc2ccc(Cl)cc2Cl)cc1Cl. The molecule has 0 aromatic heterocycles. The van der Waals surface area contributed by atoms with E-state index in [-0.39, 0.29) is 5.91 Å². The molecule has 0 atom stereocenters. The lowest BCUT2D eigenvalue weighted by atomic mass is 10.1. The van der Waals surface area contributed by atoms with Crippen LogP contribution in [-0.2, 0) is 11.2 Å². The zero-order valence-electron chi connectivity index (χ0n) is 11.8. The molecule has 0 unspecified atom stereocenters. The van der Waals surface area contributed by atoms with E-state index in [1.807, 2.05) is 6.07 Å². The van der Waals surface area contributed by atoms with Gasteiger partial charge in [-0.05, 0) is 42.3 Å². The fourth-order valence-corrected chi connectivity index (χ4v) is 2.70. The Bertz CT molecular complexity index is 689. The van der Waals surface area contributed by atoms with E-state index in [9.17, 15) is 4.79 Å². The molecule has 116 valence electrons. The van der Waals surface area contributed by atoms with Crippen LogP contribution in [0.1, 0.15) is 12.0 Å². The minimum Gasteiger partial charge on any atom is -0.495 e. The van der Waals surface area contributed by atoms with Crippen LogP contribution in [0, 0.1) is 0 Å². The predicted octanol–water partition coefficient (Wildman–Crippen LogP) is 5.23. The van der Waals surface area contributed by atoms with Crippen molar-refractivity contribution in [3.8, 4) is 5.75 Å². The van der Waals surface area contributed by atoms with Crippen LogP contribution in [0.2, 0.25) is 15.1 Å². The first-order valence-corrected chi connectivity index (χ1v) is 7.70. The maximum atomic E-state index is 12.0. The van der Waals surface area contributed by atoms with Crippen LogP contribution in [0.3, 0.4) is 0 Å².